The molecule has 1 aromatic carbocycles. The SMILES string of the molecule is CCCOC(=S)C1CCn2c(C(=O)c3ccc(C)c(C)c3)ccc21. The molecule has 24 heavy (non-hydrogen) atoms. The smallest absolute Gasteiger partial charge is 0.209 e. The van der Waals surface area contributed by atoms with Gasteiger partial charge in [-0.1, -0.05) is 19.1 Å². The summed E-state index contributed by atoms with van der Waals surface area (Å²) in [6, 6.07) is 9.83. The Labute approximate surface area is 148 Å². The van der Waals surface area contributed by atoms with Gasteiger partial charge in [-0.15, -0.1) is 0 Å². The highest BCUT2D eigenvalue weighted by Crippen LogP contribution is 2.33. The Kier molecular flexibility index (Phi) is 4.86. The van der Waals surface area contributed by atoms with E-state index in [0.717, 1.165) is 41.9 Å². The zero-order chi connectivity index (χ0) is 17.3. The molecule has 1 unspecified atom stereocenters. The number of hydrogen-bond donors (Lipinski definition) is 0. The molecular formula is C20H23NO2S. The molecule has 1 aliphatic heterocycles. The summed E-state index contributed by atoms with van der Waals surface area (Å²) in [5.74, 6) is 0.193. The van der Waals surface area contributed by atoms with Crippen molar-refractivity contribution in [2.75, 3.05) is 6.61 Å². The van der Waals surface area contributed by atoms with E-state index in [4.69, 9.17) is 17.0 Å². The van der Waals surface area contributed by atoms with Crippen LogP contribution >= 0.6 is 12.2 Å². The Bertz CT molecular complexity index is 791. The number of rotatable bonds is 5. The first-order valence-corrected chi connectivity index (χ1v) is 8.91. The van der Waals surface area contributed by atoms with Crippen molar-refractivity contribution in [3.8, 4) is 0 Å². The van der Waals surface area contributed by atoms with Gasteiger partial charge in [0, 0.05) is 17.8 Å². The first-order valence-electron chi connectivity index (χ1n) is 8.51. The predicted octanol–water partition coefficient (Wildman–Crippen LogP) is 4.58. The van der Waals surface area contributed by atoms with Crippen molar-refractivity contribution in [1.82, 2.24) is 4.57 Å². The van der Waals surface area contributed by atoms with Crippen LogP contribution in [0.4, 0.5) is 0 Å². The van der Waals surface area contributed by atoms with E-state index in [1.165, 1.54) is 5.56 Å². The molecule has 0 bridgehead atoms. The monoisotopic (exact) mass is 341 g/mol. The summed E-state index contributed by atoms with van der Waals surface area (Å²) in [7, 11) is 0. The van der Waals surface area contributed by atoms with Gasteiger partial charge < -0.3 is 9.30 Å². The molecule has 4 heteroatoms. The van der Waals surface area contributed by atoms with Gasteiger partial charge in [-0.25, -0.2) is 0 Å². The van der Waals surface area contributed by atoms with Crippen LogP contribution in [-0.4, -0.2) is 22.0 Å². The summed E-state index contributed by atoms with van der Waals surface area (Å²) < 4.78 is 7.75. The lowest BCUT2D eigenvalue weighted by atomic mass is 10.0. The second-order valence-corrected chi connectivity index (χ2v) is 6.83. The number of carbonyl (C=O) groups excluding carboxylic acids is 1. The number of nitrogens with zero attached hydrogens (tertiary/aromatic N) is 1. The average molecular weight is 341 g/mol. The summed E-state index contributed by atoms with van der Waals surface area (Å²) in [6.45, 7) is 7.63. The van der Waals surface area contributed by atoms with Crippen LogP contribution in [0.15, 0.2) is 30.3 Å². The molecule has 3 nitrogen and oxygen atoms in total. The standard InChI is InChI=1S/C20H23NO2S/c1-4-11-23-20(24)16-9-10-21-17(16)7-8-18(21)19(22)15-6-5-13(2)14(3)12-15/h5-8,12,16H,4,9-11H2,1-3H3. The Hall–Kier alpha value is -1.94. The van der Waals surface area contributed by atoms with Crippen LogP contribution < -0.4 is 0 Å². The number of benzene rings is 1. The average Bonchev–Trinajstić information content (AvgIpc) is 3.16. The van der Waals surface area contributed by atoms with Crippen molar-refractivity contribution in [2.45, 2.75) is 46.1 Å². The van der Waals surface area contributed by atoms with Crippen LogP contribution in [0.5, 0.6) is 0 Å². The van der Waals surface area contributed by atoms with Crippen LogP contribution in [0.25, 0.3) is 0 Å². The molecule has 1 aliphatic rings. The van der Waals surface area contributed by atoms with E-state index in [2.05, 4.69) is 18.4 Å². The van der Waals surface area contributed by atoms with Crippen molar-refractivity contribution < 1.29 is 9.53 Å². The highest BCUT2D eigenvalue weighted by molar-refractivity contribution is 7.80. The maximum absolute atomic E-state index is 12.9. The molecule has 1 atom stereocenters. The van der Waals surface area contributed by atoms with Crippen molar-refractivity contribution in [3.63, 3.8) is 0 Å². The van der Waals surface area contributed by atoms with Crippen LogP contribution in [-0.2, 0) is 11.3 Å². The van der Waals surface area contributed by atoms with Gasteiger partial charge in [0.25, 0.3) is 0 Å². The summed E-state index contributed by atoms with van der Waals surface area (Å²) >= 11 is 5.43. The highest BCUT2D eigenvalue weighted by Gasteiger charge is 2.30. The maximum Gasteiger partial charge on any atom is 0.209 e. The number of ether oxygens (including phenoxy) is 1. The Morgan fingerprint density at radius 2 is 2.04 bits per heavy atom. The number of ketones is 1. The summed E-state index contributed by atoms with van der Waals surface area (Å²) in [6.07, 6.45) is 1.86. The minimum absolute atomic E-state index is 0.0744. The van der Waals surface area contributed by atoms with Crippen LogP contribution in [0.3, 0.4) is 0 Å². The molecular weight excluding hydrogens is 318 g/mol. The lowest BCUT2D eigenvalue weighted by molar-refractivity contribution is 0.103. The van der Waals surface area contributed by atoms with Crippen LogP contribution in [0.1, 0.15) is 58.6 Å². The van der Waals surface area contributed by atoms with Gasteiger partial charge in [0.05, 0.1) is 18.2 Å². The van der Waals surface area contributed by atoms with Gasteiger partial charge in [0.1, 0.15) is 0 Å². The fourth-order valence-corrected chi connectivity index (χ4v) is 3.54. The summed E-state index contributed by atoms with van der Waals surface area (Å²) in [5.41, 5.74) is 4.93. The quantitative estimate of drug-likeness (QED) is 0.589. The summed E-state index contributed by atoms with van der Waals surface area (Å²) in [4.78, 5) is 12.9. The Morgan fingerprint density at radius 3 is 2.75 bits per heavy atom. The van der Waals surface area contributed by atoms with E-state index in [0.29, 0.717) is 11.7 Å². The second kappa shape index (κ2) is 6.89. The number of aromatic nitrogens is 1. The van der Waals surface area contributed by atoms with E-state index in [9.17, 15) is 4.79 Å². The topological polar surface area (TPSA) is 31.2 Å². The minimum Gasteiger partial charge on any atom is -0.486 e. The van der Waals surface area contributed by atoms with Crippen molar-refractivity contribution in [3.05, 3.63) is 58.4 Å². The third-order valence-corrected chi connectivity index (χ3v) is 5.15. The summed E-state index contributed by atoms with van der Waals surface area (Å²) in [5, 5.41) is 0.652. The van der Waals surface area contributed by atoms with Gasteiger partial charge in [-0.2, -0.15) is 0 Å². The second-order valence-electron chi connectivity index (χ2n) is 6.43. The molecule has 0 saturated heterocycles. The number of fused-ring (bicyclic) bond motifs is 1. The molecule has 2 aromatic rings. The van der Waals surface area contributed by atoms with Crippen molar-refractivity contribution in [1.29, 1.82) is 0 Å². The number of aryl methyl sites for hydroxylation is 2. The maximum atomic E-state index is 12.9. The lowest BCUT2D eigenvalue weighted by Gasteiger charge is -2.12. The third-order valence-electron chi connectivity index (χ3n) is 4.75. The molecule has 3 rings (SSSR count). The van der Waals surface area contributed by atoms with Crippen molar-refractivity contribution >= 4 is 23.1 Å². The molecule has 1 aromatic heterocycles. The molecule has 0 N–H and O–H groups in total. The first-order chi connectivity index (χ1) is 11.5. The number of hydrogen-bond acceptors (Lipinski definition) is 3. The van der Waals surface area contributed by atoms with Crippen LogP contribution in [0.2, 0.25) is 0 Å². The van der Waals surface area contributed by atoms with Gasteiger partial charge in [0.15, 0.2) is 5.05 Å². The fraction of sp³-hybridized carbons (Fsp3) is 0.400. The molecule has 0 spiro atoms. The van der Waals surface area contributed by atoms with Crippen molar-refractivity contribution in [2.24, 2.45) is 0 Å². The Balaban J connectivity index is 1.86. The number of thiocarbonyl (C=S) groups is 1. The van der Waals surface area contributed by atoms with E-state index in [1.807, 2.05) is 37.3 Å². The van der Waals surface area contributed by atoms with Gasteiger partial charge >= 0.3 is 0 Å². The largest absolute Gasteiger partial charge is 0.486 e. The molecule has 0 fully saturated rings. The van der Waals surface area contributed by atoms with E-state index >= 15 is 0 Å². The van der Waals surface area contributed by atoms with Crippen LogP contribution in [0, 0.1) is 13.8 Å². The number of carbonyl (C=O) groups is 1. The normalized spacial score (nSPS) is 16.0. The molecule has 2 heterocycles. The minimum atomic E-state index is 0.0744. The Morgan fingerprint density at radius 1 is 1.25 bits per heavy atom. The van der Waals surface area contributed by atoms with Gasteiger partial charge in [-0.3, -0.25) is 4.79 Å². The van der Waals surface area contributed by atoms with Gasteiger partial charge in [0.2, 0.25) is 5.78 Å². The molecule has 126 valence electrons. The zero-order valence-electron chi connectivity index (χ0n) is 14.5. The first kappa shape index (κ1) is 16.9. The fourth-order valence-electron chi connectivity index (χ4n) is 3.21. The molecule has 0 radical (unpaired) electrons. The third kappa shape index (κ3) is 3.03. The lowest BCUT2D eigenvalue weighted by Crippen LogP contribution is -2.12. The van der Waals surface area contributed by atoms with E-state index in [-0.39, 0.29) is 11.7 Å². The highest BCUT2D eigenvalue weighted by atomic mass is 32.1. The van der Waals surface area contributed by atoms with E-state index < -0.39 is 0 Å². The zero-order valence-corrected chi connectivity index (χ0v) is 15.3. The predicted molar refractivity (Wildman–Crippen MR) is 100.0 cm³/mol. The van der Waals surface area contributed by atoms with Gasteiger partial charge in [-0.05, 0) is 68.2 Å². The molecule has 0 amide bonds. The molecule has 0 saturated carbocycles. The molecule has 0 aliphatic carbocycles. The van der Waals surface area contributed by atoms with E-state index in [1.54, 1.807) is 0 Å².